The van der Waals surface area contributed by atoms with Gasteiger partial charge in [-0.2, -0.15) is 0 Å². The fourth-order valence-electron chi connectivity index (χ4n) is 4.25. The first-order valence-electron chi connectivity index (χ1n) is 11.3. The van der Waals surface area contributed by atoms with E-state index in [1.165, 1.54) is 31.5 Å². The van der Waals surface area contributed by atoms with Crippen molar-refractivity contribution in [1.29, 1.82) is 0 Å². The Bertz CT molecular complexity index is 726. The van der Waals surface area contributed by atoms with Gasteiger partial charge in [-0.05, 0) is 63.6 Å². The molecular weight excluding hydrogens is 378 g/mol. The van der Waals surface area contributed by atoms with Gasteiger partial charge in [0, 0.05) is 32.7 Å². The van der Waals surface area contributed by atoms with E-state index in [0.717, 1.165) is 18.0 Å². The Morgan fingerprint density at radius 2 is 1.77 bits per heavy atom. The standard InChI is InChI=1S/C24H37N3O3/c1-18-6-5-12-26(15-18)16-20-9-7-19(8-10-20)14-25-22(28)21-11-13-27(17-21)23(29)30-24(2,3)4/h7-10,18,21H,5-6,11-17H2,1-4H3,(H,25,28). The fraction of sp³-hybridized carbons (Fsp3) is 0.667. The zero-order chi connectivity index (χ0) is 21.7. The van der Waals surface area contributed by atoms with Crippen molar-refractivity contribution in [3.8, 4) is 0 Å². The van der Waals surface area contributed by atoms with Crippen LogP contribution in [-0.4, -0.2) is 53.6 Å². The zero-order valence-electron chi connectivity index (χ0n) is 18.9. The van der Waals surface area contributed by atoms with Crippen molar-refractivity contribution < 1.29 is 14.3 Å². The van der Waals surface area contributed by atoms with E-state index in [1.807, 2.05) is 20.8 Å². The van der Waals surface area contributed by atoms with Gasteiger partial charge in [-0.1, -0.05) is 31.2 Å². The monoisotopic (exact) mass is 415 g/mol. The van der Waals surface area contributed by atoms with Gasteiger partial charge in [0.05, 0.1) is 5.92 Å². The van der Waals surface area contributed by atoms with Crippen LogP contribution in [0.3, 0.4) is 0 Å². The van der Waals surface area contributed by atoms with Crippen LogP contribution in [0.5, 0.6) is 0 Å². The third-order valence-electron chi connectivity index (χ3n) is 5.85. The molecule has 0 bridgehead atoms. The summed E-state index contributed by atoms with van der Waals surface area (Å²) in [5.41, 5.74) is 1.90. The molecule has 0 radical (unpaired) electrons. The minimum Gasteiger partial charge on any atom is -0.444 e. The van der Waals surface area contributed by atoms with Crippen LogP contribution in [0.1, 0.15) is 58.1 Å². The number of carbonyl (C=O) groups is 2. The molecule has 6 heteroatoms. The highest BCUT2D eigenvalue weighted by atomic mass is 16.6. The number of rotatable bonds is 5. The lowest BCUT2D eigenvalue weighted by Crippen LogP contribution is -2.37. The van der Waals surface area contributed by atoms with Gasteiger partial charge in [0.1, 0.15) is 5.60 Å². The summed E-state index contributed by atoms with van der Waals surface area (Å²) in [6, 6.07) is 8.54. The molecule has 30 heavy (non-hydrogen) atoms. The molecule has 3 rings (SSSR count). The second kappa shape index (κ2) is 9.82. The lowest BCUT2D eigenvalue weighted by molar-refractivity contribution is -0.124. The van der Waals surface area contributed by atoms with E-state index in [4.69, 9.17) is 4.74 Å². The van der Waals surface area contributed by atoms with Crippen molar-refractivity contribution in [2.45, 2.75) is 65.6 Å². The number of benzene rings is 1. The lowest BCUT2D eigenvalue weighted by Gasteiger charge is -2.30. The van der Waals surface area contributed by atoms with Gasteiger partial charge >= 0.3 is 6.09 Å². The first kappa shape index (κ1) is 22.6. The van der Waals surface area contributed by atoms with Crippen molar-refractivity contribution in [2.24, 2.45) is 11.8 Å². The summed E-state index contributed by atoms with van der Waals surface area (Å²) in [5.74, 6) is 0.625. The van der Waals surface area contributed by atoms with Crippen LogP contribution in [0.25, 0.3) is 0 Å². The minimum atomic E-state index is -0.518. The molecule has 2 unspecified atom stereocenters. The molecule has 166 valence electrons. The SMILES string of the molecule is CC1CCCN(Cc2ccc(CNC(=O)C3CCN(C(=O)OC(C)(C)C)C3)cc2)C1. The molecule has 2 saturated heterocycles. The van der Waals surface area contributed by atoms with Crippen LogP contribution >= 0.6 is 0 Å². The summed E-state index contributed by atoms with van der Waals surface area (Å²) in [7, 11) is 0. The predicted molar refractivity (Wildman–Crippen MR) is 118 cm³/mol. The summed E-state index contributed by atoms with van der Waals surface area (Å²) >= 11 is 0. The van der Waals surface area contributed by atoms with Crippen molar-refractivity contribution in [1.82, 2.24) is 15.1 Å². The molecule has 0 aromatic heterocycles. The molecular formula is C24H37N3O3. The van der Waals surface area contributed by atoms with Crippen LogP contribution in [0.2, 0.25) is 0 Å². The Balaban J connectivity index is 1.42. The number of likely N-dealkylation sites (tertiary alicyclic amines) is 2. The van der Waals surface area contributed by atoms with E-state index in [2.05, 4.69) is 41.4 Å². The summed E-state index contributed by atoms with van der Waals surface area (Å²) in [6.45, 7) is 12.8. The molecule has 1 N–H and O–H groups in total. The van der Waals surface area contributed by atoms with E-state index in [1.54, 1.807) is 4.90 Å². The molecule has 0 aliphatic carbocycles. The third kappa shape index (κ3) is 6.73. The van der Waals surface area contributed by atoms with Gasteiger partial charge in [-0.15, -0.1) is 0 Å². The summed E-state index contributed by atoms with van der Waals surface area (Å²) in [6.07, 6.45) is 2.97. The van der Waals surface area contributed by atoms with Gasteiger partial charge in [0.25, 0.3) is 0 Å². The van der Waals surface area contributed by atoms with E-state index < -0.39 is 5.60 Å². The van der Waals surface area contributed by atoms with Crippen molar-refractivity contribution >= 4 is 12.0 Å². The molecule has 2 atom stereocenters. The van der Waals surface area contributed by atoms with Crippen LogP contribution in [0.15, 0.2) is 24.3 Å². The number of piperidine rings is 1. The van der Waals surface area contributed by atoms with Crippen LogP contribution in [0, 0.1) is 11.8 Å². The van der Waals surface area contributed by atoms with Crippen molar-refractivity contribution in [2.75, 3.05) is 26.2 Å². The van der Waals surface area contributed by atoms with E-state index in [9.17, 15) is 9.59 Å². The highest BCUT2D eigenvalue weighted by Crippen LogP contribution is 2.20. The molecule has 2 aliphatic heterocycles. The van der Waals surface area contributed by atoms with Crippen LogP contribution in [0.4, 0.5) is 4.79 Å². The molecule has 2 aliphatic rings. The smallest absolute Gasteiger partial charge is 0.410 e. The van der Waals surface area contributed by atoms with E-state index in [-0.39, 0.29) is 17.9 Å². The predicted octanol–water partition coefficient (Wildman–Crippen LogP) is 3.79. The number of hydrogen-bond donors (Lipinski definition) is 1. The van der Waals surface area contributed by atoms with E-state index >= 15 is 0 Å². The Kier molecular flexibility index (Phi) is 7.40. The van der Waals surface area contributed by atoms with Gasteiger partial charge < -0.3 is 15.0 Å². The molecule has 6 nitrogen and oxygen atoms in total. The second-order valence-corrected chi connectivity index (χ2v) is 9.93. The average Bonchev–Trinajstić information content (AvgIpc) is 3.16. The average molecular weight is 416 g/mol. The molecule has 2 amide bonds. The lowest BCUT2D eigenvalue weighted by atomic mass is 9.99. The number of nitrogens with one attached hydrogen (secondary N) is 1. The fourth-order valence-corrected chi connectivity index (χ4v) is 4.25. The Morgan fingerprint density at radius 3 is 2.43 bits per heavy atom. The normalized spacial score (nSPS) is 22.7. The quantitative estimate of drug-likeness (QED) is 0.795. The maximum atomic E-state index is 12.5. The first-order valence-corrected chi connectivity index (χ1v) is 11.3. The molecule has 0 saturated carbocycles. The van der Waals surface area contributed by atoms with Gasteiger partial charge in [-0.3, -0.25) is 9.69 Å². The van der Waals surface area contributed by atoms with Crippen molar-refractivity contribution in [3.63, 3.8) is 0 Å². The van der Waals surface area contributed by atoms with Crippen molar-refractivity contribution in [3.05, 3.63) is 35.4 Å². The largest absolute Gasteiger partial charge is 0.444 e. The summed E-state index contributed by atoms with van der Waals surface area (Å²) in [4.78, 5) is 28.9. The highest BCUT2D eigenvalue weighted by Gasteiger charge is 2.33. The summed E-state index contributed by atoms with van der Waals surface area (Å²) < 4.78 is 5.40. The third-order valence-corrected chi connectivity index (χ3v) is 5.85. The topological polar surface area (TPSA) is 61.9 Å². The maximum absolute atomic E-state index is 12.5. The molecule has 2 heterocycles. The molecule has 1 aromatic carbocycles. The van der Waals surface area contributed by atoms with Crippen LogP contribution < -0.4 is 5.32 Å². The van der Waals surface area contributed by atoms with Gasteiger partial charge in [0.15, 0.2) is 0 Å². The zero-order valence-corrected chi connectivity index (χ0v) is 18.9. The number of amides is 2. The Labute approximate surface area is 180 Å². The van der Waals surface area contributed by atoms with Crippen LogP contribution in [-0.2, 0) is 22.6 Å². The number of carbonyl (C=O) groups excluding carboxylic acids is 2. The number of hydrogen-bond acceptors (Lipinski definition) is 4. The minimum absolute atomic E-state index is 0.00689. The Morgan fingerprint density at radius 1 is 1.07 bits per heavy atom. The summed E-state index contributed by atoms with van der Waals surface area (Å²) in [5, 5.41) is 3.03. The highest BCUT2D eigenvalue weighted by molar-refractivity contribution is 5.80. The number of nitrogens with zero attached hydrogens (tertiary/aromatic N) is 2. The van der Waals surface area contributed by atoms with Gasteiger partial charge in [-0.25, -0.2) is 4.79 Å². The maximum Gasteiger partial charge on any atom is 0.410 e. The number of ether oxygens (including phenoxy) is 1. The molecule has 2 fully saturated rings. The van der Waals surface area contributed by atoms with E-state index in [0.29, 0.717) is 26.1 Å². The Hall–Kier alpha value is -2.08. The molecule has 0 spiro atoms. The molecule has 1 aromatic rings. The second-order valence-electron chi connectivity index (χ2n) is 9.93. The first-order chi connectivity index (χ1) is 14.2. The van der Waals surface area contributed by atoms with Gasteiger partial charge in [0.2, 0.25) is 5.91 Å².